The Kier molecular flexibility index (Phi) is 6.16. The SMILES string of the molecule is CCc1oc(-c2ccc(C=O)cc2)nc1CCOc1ccc2c(c1)CC[C@@H]2CC(=O)O. The van der Waals surface area contributed by atoms with Crippen LogP contribution in [0.2, 0.25) is 0 Å². The molecule has 0 spiro atoms. The summed E-state index contributed by atoms with van der Waals surface area (Å²) in [5, 5.41) is 9.07. The monoisotopic (exact) mass is 419 g/mol. The van der Waals surface area contributed by atoms with E-state index in [1.807, 2.05) is 37.3 Å². The normalized spacial score (nSPS) is 14.9. The van der Waals surface area contributed by atoms with Gasteiger partial charge in [0, 0.05) is 24.0 Å². The van der Waals surface area contributed by atoms with Crippen LogP contribution >= 0.6 is 0 Å². The van der Waals surface area contributed by atoms with Crippen molar-refractivity contribution in [3.63, 3.8) is 0 Å². The van der Waals surface area contributed by atoms with Gasteiger partial charge in [-0.25, -0.2) is 4.98 Å². The number of hydrogen-bond acceptors (Lipinski definition) is 5. The highest BCUT2D eigenvalue weighted by molar-refractivity contribution is 5.76. The molecule has 0 fully saturated rings. The Morgan fingerprint density at radius 1 is 1.26 bits per heavy atom. The summed E-state index contributed by atoms with van der Waals surface area (Å²) in [6, 6.07) is 13.1. The van der Waals surface area contributed by atoms with E-state index in [2.05, 4.69) is 4.98 Å². The number of hydrogen-bond donors (Lipinski definition) is 1. The predicted octanol–water partition coefficient (Wildman–Crippen LogP) is 4.84. The van der Waals surface area contributed by atoms with Gasteiger partial charge in [0.25, 0.3) is 0 Å². The summed E-state index contributed by atoms with van der Waals surface area (Å²) in [5.74, 6) is 1.52. The molecule has 0 saturated heterocycles. The summed E-state index contributed by atoms with van der Waals surface area (Å²) in [6.07, 6.45) is 4.11. The van der Waals surface area contributed by atoms with Crippen molar-refractivity contribution in [2.24, 2.45) is 0 Å². The molecule has 0 unspecified atom stereocenters. The van der Waals surface area contributed by atoms with E-state index >= 15 is 0 Å². The summed E-state index contributed by atoms with van der Waals surface area (Å²) in [4.78, 5) is 26.5. The lowest BCUT2D eigenvalue weighted by molar-refractivity contribution is -0.137. The largest absolute Gasteiger partial charge is 0.493 e. The first-order chi connectivity index (χ1) is 15.1. The topological polar surface area (TPSA) is 89.6 Å². The smallest absolute Gasteiger partial charge is 0.303 e. The lowest BCUT2D eigenvalue weighted by Crippen LogP contribution is -2.05. The van der Waals surface area contributed by atoms with E-state index in [0.29, 0.717) is 24.5 Å². The van der Waals surface area contributed by atoms with Gasteiger partial charge >= 0.3 is 5.97 Å². The summed E-state index contributed by atoms with van der Waals surface area (Å²) < 4.78 is 11.9. The maximum atomic E-state index is 11.0. The van der Waals surface area contributed by atoms with Crippen molar-refractivity contribution in [2.45, 2.75) is 44.9 Å². The van der Waals surface area contributed by atoms with Crippen molar-refractivity contribution >= 4 is 12.3 Å². The third kappa shape index (κ3) is 4.68. The molecule has 0 bridgehead atoms. The standard InChI is InChI=1S/C25H25NO5/c1-2-23-22(26-25(31-23)17-5-3-16(15-27)4-6-17)11-12-30-20-9-10-21-18(13-20)7-8-19(21)14-24(28)29/h3-6,9-10,13,15,19H,2,7-8,11-12,14H2,1H3,(H,28,29)/t19-/m1/s1. The number of rotatable bonds is 9. The summed E-state index contributed by atoms with van der Waals surface area (Å²) in [7, 11) is 0. The summed E-state index contributed by atoms with van der Waals surface area (Å²) >= 11 is 0. The molecule has 1 aliphatic carbocycles. The predicted molar refractivity (Wildman–Crippen MR) is 116 cm³/mol. The Hall–Kier alpha value is -3.41. The number of carbonyl (C=O) groups is 2. The van der Waals surface area contributed by atoms with Gasteiger partial charge in [0.15, 0.2) is 0 Å². The van der Waals surface area contributed by atoms with E-state index in [0.717, 1.165) is 53.9 Å². The Labute approximate surface area is 180 Å². The number of aryl methyl sites for hydroxylation is 2. The molecule has 1 heterocycles. The van der Waals surface area contributed by atoms with E-state index in [-0.39, 0.29) is 12.3 Å². The van der Waals surface area contributed by atoms with Crippen molar-refractivity contribution in [3.05, 3.63) is 70.6 Å². The van der Waals surface area contributed by atoms with Gasteiger partial charge in [-0.3, -0.25) is 9.59 Å². The van der Waals surface area contributed by atoms with Crippen LogP contribution in [0.3, 0.4) is 0 Å². The van der Waals surface area contributed by atoms with Crippen LogP contribution in [0.4, 0.5) is 0 Å². The van der Waals surface area contributed by atoms with Crippen molar-refractivity contribution in [1.82, 2.24) is 4.98 Å². The van der Waals surface area contributed by atoms with Crippen LogP contribution in [0, 0.1) is 0 Å². The van der Waals surface area contributed by atoms with Gasteiger partial charge in [0.1, 0.15) is 17.8 Å². The fourth-order valence-electron chi connectivity index (χ4n) is 4.14. The highest BCUT2D eigenvalue weighted by Crippen LogP contribution is 2.37. The number of aldehydes is 1. The second kappa shape index (κ2) is 9.16. The minimum absolute atomic E-state index is 0.0998. The fourth-order valence-corrected chi connectivity index (χ4v) is 4.14. The van der Waals surface area contributed by atoms with Crippen molar-refractivity contribution < 1.29 is 23.8 Å². The molecule has 1 aromatic heterocycles. The molecule has 0 radical (unpaired) electrons. The Morgan fingerprint density at radius 3 is 2.77 bits per heavy atom. The number of carboxylic acids is 1. The van der Waals surface area contributed by atoms with Crippen LogP contribution in [0.1, 0.15) is 58.6 Å². The third-order valence-electron chi connectivity index (χ3n) is 5.74. The quantitative estimate of drug-likeness (QED) is 0.499. The van der Waals surface area contributed by atoms with Gasteiger partial charge in [-0.05, 0) is 54.2 Å². The van der Waals surface area contributed by atoms with Crippen LogP contribution in [0.25, 0.3) is 11.5 Å². The average Bonchev–Trinajstić information content (AvgIpc) is 3.37. The maximum Gasteiger partial charge on any atom is 0.303 e. The highest BCUT2D eigenvalue weighted by Gasteiger charge is 2.25. The van der Waals surface area contributed by atoms with Gasteiger partial charge < -0.3 is 14.3 Å². The molecule has 1 aliphatic rings. The zero-order valence-electron chi connectivity index (χ0n) is 17.5. The van der Waals surface area contributed by atoms with Crippen molar-refractivity contribution in [2.75, 3.05) is 6.61 Å². The molecule has 2 aromatic carbocycles. The first-order valence-electron chi connectivity index (χ1n) is 10.6. The fraction of sp³-hybridized carbons (Fsp3) is 0.320. The van der Waals surface area contributed by atoms with Crippen molar-refractivity contribution in [1.29, 1.82) is 0 Å². The average molecular weight is 419 g/mol. The molecule has 0 amide bonds. The number of aromatic nitrogens is 1. The number of carboxylic acid groups (broad SMARTS) is 1. The summed E-state index contributed by atoms with van der Waals surface area (Å²) in [6.45, 7) is 2.50. The van der Waals surface area contributed by atoms with Crippen LogP contribution in [0.15, 0.2) is 46.9 Å². The number of ether oxygens (including phenoxy) is 1. The zero-order chi connectivity index (χ0) is 21.8. The molecule has 1 N–H and O–H groups in total. The lowest BCUT2D eigenvalue weighted by Gasteiger charge is -2.10. The Morgan fingerprint density at radius 2 is 2.06 bits per heavy atom. The molecule has 0 saturated carbocycles. The van der Waals surface area contributed by atoms with Gasteiger partial charge in [-0.1, -0.05) is 25.1 Å². The van der Waals surface area contributed by atoms with Gasteiger partial charge in [-0.2, -0.15) is 0 Å². The number of benzene rings is 2. The molecular formula is C25H25NO5. The van der Waals surface area contributed by atoms with Gasteiger partial charge in [0.2, 0.25) is 5.89 Å². The van der Waals surface area contributed by atoms with Crippen LogP contribution in [-0.2, 0) is 24.1 Å². The number of carbonyl (C=O) groups excluding carboxylic acids is 1. The maximum absolute atomic E-state index is 11.0. The van der Waals surface area contributed by atoms with Crippen molar-refractivity contribution in [3.8, 4) is 17.2 Å². The molecule has 6 nitrogen and oxygen atoms in total. The molecule has 0 aliphatic heterocycles. The molecule has 6 heteroatoms. The van der Waals surface area contributed by atoms with Crippen LogP contribution in [0.5, 0.6) is 5.75 Å². The lowest BCUT2D eigenvalue weighted by atomic mass is 9.98. The Balaban J connectivity index is 1.40. The Bertz CT molecular complexity index is 1080. The molecule has 160 valence electrons. The molecule has 4 rings (SSSR count). The third-order valence-corrected chi connectivity index (χ3v) is 5.74. The van der Waals surface area contributed by atoms with E-state index in [9.17, 15) is 9.59 Å². The second-order valence-corrected chi connectivity index (χ2v) is 7.77. The van der Waals surface area contributed by atoms with E-state index in [1.54, 1.807) is 12.1 Å². The van der Waals surface area contributed by atoms with Crippen LogP contribution in [-0.4, -0.2) is 29.0 Å². The number of aliphatic carboxylic acids is 1. The summed E-state index contributed by atoms with van der Waals surface area (Å²) in [5.41, 5.74) is 4.63. The number of oxazole rings is 1. The van der Waals surface area contributed by atoms with Gasteiger partial charge in [-0.15, -0.1) is 0 Å². The molecular weight excluding hydrogens is 394 g/mol. The molecule has 1 atom stereocenters. The van der Waals surface area contributed by atoms with Crippen LogP contribution < -0.4 is 4.74 Å². The van der Waals surface area contributed by atoms with E-state index in [1.165, 1.54) is 5.56 Å². The second-order valence-electron chi connectivity index (χ2n) is 7.77. The minimum Gasteiger partial charge on any atom is -0.493 e. The first kappa shape index (κ1) is 20.8. The minimum atomic E-state index is -0.753. The zero-order valence-corrected chi connectivity index (χ0v) is 17.5. The molecule has 3 aromatic rings. The highest BCUT2D eigenvalue weighted by atomic mass is 16.5. The van der Waals surface area contributed by atoms with E-state index < -0.39 is 5.97 Å². The number of nitrogens with zero attached hydrogens (tertiary/aromatic N) is 1. The van der Waals surface area contributed by atoms with Gasteiger partial charge in [0.05, 0.1) is 18.7 Å². The van der Waals surface area contributed by atoms with E-state index in [4.69, 9.17) is 14.3 Å². The number of fused-ring (bicyclic) bond motifs is 1. The first-order valence-corrected chi connectivity index (χ1v) is 10.6. The molecule has 31 heavy (non-hydrogen) atoms.